The van der Waals surface area contributed by atoms with Crippen LogP contribution in [0.25, 0.3) is 0 Å². The Bertz CT molecular complexity index is 324. The summed E-state index contributed by atoms with van der Waals surface area (Å²) in [4.78, 5) is 0. The first-order valence-electron chi connectivity index (χ1n) is 5.19. The van der Waals surface area contributed by atoms with Crippen LogP contribution in [0.3, 0.4) is 0 Å². The molecule has 3 heteroatoms. The molecule has 0 saturated carbocycles. The topological polar surface area (TPSA) is 33.3 Å². The first kappa shape index (κ1) is 12.0. The molecule has 0 aliphatic rings. The Morgan fingerprint density at radius 3 is 2.53 bits per heavy atom. The molecule has 0 aliphatic carbocycles. The highest BCUT2D eigenvalue weighted by Crippen LogP contribution is 2.23. The number of hydrogen-bond donors (Lipinski definition) is 2. The summed E-state index contributed by atoms with van der Waals surface area (Å²) in [7, 11) is 3.64. The zero-order chi connectivity index (χ0) is 11.3. The molecule has 0 saturated heterocycles. The Balaban J connectivity index is 2.77. The zero-order valence-corrected chi connectivity index (χ0v) is 9.98. The third-order valence-corrected chi connectivity index (χ3v) is 2.69. The summed E-state index contributed by atoms with van der Waals surface area (Å²) in [5.41, 5.74) is 3.85. The van der Waals surface area contributed by atoms with E-state index >= 15 is 0 Å². The molecule has 0 radical (unpaired) electrons. The van der Waals surface area contributed by atoms with Gasteiger partial charge in [-0.25, -0.2) is 0 Å². The lowest BCUT2D eigenvalue weighted by Gasteiger charge is -2.13. The van der Waals surface area contributed by atoms with E-state index in [0.717, 1.165) is 19.0 Å². The lowest BCUT2D eigenvalue weighted by molar-refractivity contribution is 0.411. The van der Waals surface area contributed by atoms with E-state index in [9.17, 15) is 0 Å². The molecule has 0 heterocycles. The fourth-order valence-corrected chi connectivity index (χ4v) is 1.59. The Hall–Kier alpha value is -1.06. The smallest absolute Gasteiger partial charge is 0.122 e. The fraction of sp³-hybridized carbons (Fsp3) is 0.500. The van der Waals surface area contributed by atoms with Gasteiger partial charge in [0, 0.05) is 13.2 Å². The number of ether oxygens (including phenoxy) is 1. The van der Waals surface area contributed by atoms with E-state index in [-0.39, 0.29) is 0 Å². The first-order valence-corrected chi connectivity index (χ1v) is 5.19. The van der Waals surface area contributed by atoms with Crippen molar-refractivity contribution in [2.24, 2.45) is 0 Å². The molecule has 0 aliphatic heterocycles. The van der Waals surface area contributed by atoms with E-state index in [1.165, 1.54) is 16.7 Å². The van der Waals surface area contributed by atoms with Crippen LogP contribution in [0, 0.1) is 13.8 Å². The van der Waals surface area contributed by atoms with E-state index in [0.29, 0.717) is 0 Å². The minimum atomic E-state index is 0.824. The molecular weight excluding hydrogens is 188 g/mol. The van der Waals surface area contributed by atoms with Crippen molar-refractivity contribution in [1.82, 2.24) is 10.6 Å². The molecule has 1 aromatic carbocycles. The standard InChI is InChI=1S/C12H20N2O/c1-9-10(2)12(15-4)6-5-11(9)7-14-8-13-3/h5-6,13-14H,7-8H2,1-4H3. The van der Waals surface area contributed by atoms with Crippen LogP contribution in [0.1, 0.15) is 16.7 Å². The number of nitrogens with one attached hydrogen (secondary N) is 2. The SMILES string of the molecule is CNCNCc1ccc(OC)c(C)c1C. The molecule has 2 N–H and O–H groups in total. The van der Waals surface area contributed by atoms with Gasteiger partial charge in [-0.15, -0.1) is 0 Å². The van der Waals surface area contributed by atoms with E-state index < -0.39 is 0 Å². The summed E-state index contributed by atoms with van der Waals surface area (Å²) in [6.07, 6.45) is 0. The zero-order valence-electron chi connectivity index (χ0n) is 9.98. The molecule has 15 heavy (non-hydrogen) atoms. The van der Waals surface area contributed by atoms with E-state index in [4.69, 9.17) is 4.74 Å². The van der Waals surface area contributed by atoms with Crippen molar-refractivity contribution >= 4 is 0 Å². The second-order valence-corrected chi connectivity index (χ2v) is 3.63. The molecule has 3 nitrogen and oxygen atoms in total. The molecule has 1 aromatic rings. The predicted molar refractivity (Wildman–Crippen MR) is 63.2 cm³/mol. The van der Waals surface area contributed by atoms with Crippen LogP contribution in [0.15, 0.2) is 12.1 Å². The van der Waals surface area contributed by atoms with Crippen LogP contribution in [-0.2, 0) is 6.54 Å². The molecule has 0 spiro atoms. The number of hydrogen-bond acceptors (Lipinski definition) is 3. The Kier molecular flexibility index (Phi) is 4.59. The van der Waals surface area contributed by atoms with Gasteiger partial charge < -0.3 is 15.4 Å². The third kappa shape index (κ3) is 2.94. The number of methoxy groups -OCH3 is 1. The molecular formula is C12H20N2O. The van der Waals surface area contributed by atoms with Crippen molar-refractivity contribution in [2.45, 2.75) is 20.4 Å². The van der Waals surface area contributed by atoms with E-state index in [1.807, 2.05) is 13.1 Å². The normalized spacial score (nSPS) is 10.4. The largest absolute Gasteiger partial charge is 0.496 e. The van der Waals surface area contributed by atoms with Gasteiger partial charge in [0.25, 0.3) is 0 Å². The van der Waals surface area contributed by atoms with Gasteiger partial charge in [0.1, 0.15) is 5.75 Å². The van der Waals surface area contributed by atoms with Crippen molar-refractivity contribution in [3.63, 3.8) is 0 Å². The van der Waals surface area contributed by atoms with Crippen molar-refractivity contribution in [2.75, 3.05) is 20.8 Å². The third-order valence-electron chi connectivity index (χ3n) is 2.69. The Morgan fingerprint density at radius 1 is 1.20 bits per heavy atom. The highest BCUT2D eigenvalue weighted by Gasteiger charge is 2.05. The van der Waals surface area contributed by atoms with Gasteiger partial charge in [0.05, 0.1) is 7.11 Å². The van der Waals surface area contributed by atoms with Crippen molar-refractivity contribution in [3.8, 4) is 5.75 Å². The van der Waals surface area contributed by atoms with Gasteiger partial charge in [-0.1, -0.05) is 6.07 Å². The van der Waals surface area contributed by atoms with Crippen molar-refractivity contribution < 1.29 is 4.74 Å². The van der Waals surface area contributed by atoms with Crippen molar-refractivity contribution in [3.05, 3.63) is 28.8 Å². The van der Waals surface area contributed by atoms with Crippen LogP contribution in [0.5, 0.6) is 5.75 Å². The lowest BCUT2D eigenvalue weighted by Crippen LogP contribution is -2.25. The first-order chi connectivity index (χ1) is 7.20. The molecule has 0 bridgehead atoms. The molecule has 0 fully saturated rings. The Morgan fingerprint density at radius 2 is 1.93 bits per heavy atom. The average Bonchev–Trinajstić information content (AvgIpc) is 2.25. The maximum atomic E-state index is 5.27. The van der Waals surface area contributed by atoms with Gasteiger partial charge in [-0.2, -0.15) is 0 Å². The molecule has 0 aromatic heterocycles. The van der Waals surface area contributed by atoms with Crippen molar-refractivity contribution in [1.29, 1.82) is 0 Å². The van der Waals surface area contributed by atoms with Gasteiger partial charge in [0.2, 0.25) is 0 Å². The van der Waals surface area contributed by atoms with E-state index in [1.54, 1.807) is 7.11 Å². The monoisotopic (exact) mass is 208 g/mol. The molecule has 1 rings (SSSR count). The van der Waals surface area contributed by atoms with Gasteiger partial charge in [0.15, 0.2) is 0 Å². The summed E-state index contributed by atoms with van der Waals surface area (Å²) in [6.45, 7) is 5.94. The van der Waals surface area contributed by atoms with E-state index in [2.05, 4.69) is 30.5 Å². The van der Waals surface area contributed by atoms with Gasteiger partial charge >= 0.3 is 0 Å². The molecule has 0 unspecified atom stereocenters. The molecule has 0 amide bonds. The predicted octanol–water partition coefficient (Wildman–Crippen LogP) is 1.58. The molecule has 0 atom stereocenters. The van der Waals surface area contributed by atoms with Crippen LogP contribution < -0.4 is 15.4 Å². The van der Waals surface area contributed by atoms with Crippen LogP contribution in [-0.4, -0.2) is 20.8 Å². The van der Waals surface area contributed by atoms with Crippen LogP contribution in [0.4, 0.5) is 0 Å². The maximum Gasteiger partial charge on any atom is 0.122 e. The second kappa shape index (κ2) is 5.73. The maximum absolute atomic E-state index is 5.27. The van der Waals surface area contributed by atoms with Gasteiger partial charge in [-0.3, -0.25) is 0 Å². The summed E-state index contributed by atoms with van der Waals surface area (Å²) in [5.74, 6) is 0.963. The minimum Gasteiger partial charge on any atom is -0.496 e. The summed E-state index contributed by atoms with van der Waals surface area (Å²) >= 11 is 0. The summed E-state index contributed by atoms with van der Waals surface area (Å²) in [6, 6.07) is 4.14. The Labute approximate surface area is 91.8 Å². The quantitative estimate of drug-likeness (QED) is 0.569. The number of benzene rings is 1. The second-order valence-electron chi connectivity index (χ2n) is 3.63. The highest BCUT2D eigenvalue weighted by molar-refractivity contribution is 5.43. The lowest BCUT2D eigenvalue weighted by atomic mass is 10.0. The fourth-order valence-electron chi connectivity index (χ4n) is 1.59. The number of rotatable bonds is 5. The summed E-state index contributed by atoms with van der Waals surface area (Å²) < 4.78 is 5.27. The highest BCUT2D eigenvalue weighted by atomic mass is 16.5. The van der Waals surface area contributed by atoms with Crippen LogP contribution >= 0.6 is 0 Å². The molecule has 84 valence electrons. The average molecular weight is 208 g/mol. The van der Waals surface area contributed by atoms with Gasteiger partial charge in [-0.05, 0) is 43.7 Å². The summed E-state index contributed by atoms with van der Waals surface area (Å²) in [5, 5.41) is 6.36. The van der Waals surface area contributed by atoms with Crippen LogP contribution in [0.2, 0.25) is 0 Å². The minimum absolute atomic E-state index is 0.824.